The Labute approximate surface area is 74.9 Å². The van der Waals surface area contributed by atoms with Crippen LogP contribution in [0.25, 0.3) is 0 Å². The molecule has 0 aromatic heterocycles. The molecule has 0 fully saturated rings. The van der Waals surface area contributed by atoms with Crippen molar-refractivity contribution in [1.82, 2.24) is 0 Å². The van der Waals surface area contributed by atoms with Crippen molar-refractivity contribution < 1.29 is 8.78 Å². The van der Waals surface area contributed by atoms with Crippen LogP contribution < -0.4 is 5.73 Å². The van der Waals surface area contributed by atoms with Crippen molar-refractivity contribution in [3.8, 4) is 0 Å². The minimum atomic E-state index is -0.654. The molecule has 4 heteroatoms. The lowest BCUT2D eigenvalue weighted by Gasteiger charge is -2.05. The lowest BCUT2D eigenvalue weighted by Crippen LogP contribution is -2.15. The van der Waals surface area contributed by atoms with Crippen LogP contribution in [0.2, 0.25) is 0 Å². The maximum Gasteiger partial charge on any atom is 0.132 e. The van der Waals surface area contributed by atoms with E-state index in [9.17, 15) is 8.78 Å². The van der Waals surface area contributed by atoms with E-state index in [1.54, 1.807) is 6.92 Å². The van der Waals surface area contributed by atoms with Crippen LogP contribution in [0, 0.1) is 24.0 Å². The van der Waals surface area contributed by atoms with E-state index >= 15 is 0 Å². The van der Waals surface area contributed by atoms with Crippen molar-refractivity contribution in [2.45, 2.75) is 13.3 Å². The molecule has 0 spiro atoms. The van der Waals surface area contributed by atoms with Gasteiger partial charge in [0.05, 0.1) is 5.84 Å². The van der Waals surface area contributed by atoms with Crippen LogP contribution in [0.1, 0.15) is 11.1 Å². The van der Waals surface area contributed by atoms with Crippen molar-refractivity contribution in [3.05, 3.63) is 34.9 Å². The highest BCUT2D eigenvalue weighted by atomic mass is 19.1. The Bertz CT molecular complexity index is 348. The number of hydrogen-bond acceptors (Lipinski definition) is 1. The van der Waals surface area contributed by atoms with E-state index in [2.05, 4.69) is 0 Å². The van der Waals surface area contributed by atoms with Gasteiger partial charge >= 0.3 is 0 Å². The molecule has 0 saturated carbocycles. The minimum Gasteiger partial charge on any atom is -0.387 e. The molecule has 0 aliphatic rings. The zero-order valence-corrected chi connectivity index (χ0v) is 7.20. The Balaban J connectivity index is 3.17. The first-order valence-electron chi connectivity index (χ1n) is 3.78. The monoisotopic (exact) mass is 184 g/mol. The first-order chi connectivity index (χ1) is 6.02. The Morgan fingerprint density at radius 1 is 1.46 bits per heavy atom. The third kappa shape index (κ3) is 2.02. The number of hydrogen-bond donors (Lipinski definition) is 2. The predicted molar refractivity (Wildman–Crippen MR) is 46.7 cm³/mol. The van der Waals surface area contributed by atoms with Gasteiger partial charge in [-0.1, -0.05) is 6.07 Å². The molecular formula is C9H10F2N2. The Morgan fingerprint density at radius 3 is 2.62 bits per heavy atom. The van der Waals surface area contributed by atoms with Crippen molar-refractivity contribution in [1.29, 1.82) is 5.41 Å². The first-order valence-corrected chi connectivity index (χ1v) is 3.78. The highest BCUT2D eigenvalue weighted by Crippen LogP contribution is 2.16. The van der Waals surface area contributed by atoms with Crippen LogP contribution in [0.4, 0.5) is 8.78 Å². The highest BCUT2D eigenvalue weighted by Gasteiger charge is 2.11. The molecule has 0 bridgehead atoms. The SMILES string of the molecule is Cc1ccc(F)c(CC(=N)N)c1F. The fourth-order valence-electron chi connectivity index (χ4n) is 1.07. The summed E-state index contributed by atoms with van der Waals surface area (Å²) >= 11 is 0. The third-order valence-corrected chi connectivity index (χ3v) is 1.75. The van der Waals surface area contributed by atoms with E-state index in [1.807, 2.05) is 0 Å². The average Bonchev–Trinajstić information content (AvgIpc) is 2.05. The molecule has 1 aromatic carbocycles. The van der Waals surface area contributed by atoms with Gasteiger partial charge < -0.3 is 5.73 Å². The quantitative estimate of drug-likeness (QED) is 0.534. The minimum absolute atomic E-state index is 0.132. The zero-order chi connectivity index (χ0) is 10.0. The van der Waals surface area contributed by atoms with Gasteiger partial charge in [-0.15, -0.1) is 0 Å². The van der Waals surface area contributed by atoms with Gasteiger partial charge in [-0.25, -0.2) is 8.78 Å². The molecule has 1 aromatic rings. The molecule has 0 amide bonds. The molecule has 0 heterocycles. The van der Waals surface area contributed by atoms with Gasteiger partial charge in [0.15, 0.2) is 0 Å². The predicted octanol–water partition coefficient (Wildman–Crippen LogP) is 1.75. The largest absolute Gasteiger partial charge is 0.387 e. The maximum atomic E-state index is 13.2. The van der Waals surface area contributed by atoms with Gasteiger partial charge in [-0.05, 0) is 18.6 Å². The summed E-state index contributed by atoms with van der Waals surface area (Å²) in [6, 6.07) is 2.53. The molecule has 0 unspecified atom stereocenters. The maximum absolute atomic E-state index is 13.2. The fourth-order valence-corrected chi connectivity index (χ4v) is 1.07. The summed E-state index contributed by atoms with van der Waals surface area (Å²) in [7, 11) is 0. The molecule has 1 rings (SSSR count). The molecule has 0 saturated heterocycles. The second-order valence-corrected chi connectivity index (χ2v) is 2.86. The summed E-state index contributed by atoms with van der Waals surface area (Å²) in [5.74, 6) is -1.52. The molecule has 0 atom stereocenters. The topological polar surface area (TPSA) is 49.9 Å². The summed E-state index contributed by atoms with van der Waals surface area (Å²) in [6.07, 6.45) is -0.181. The normalized spacial score (nSPS) is 10.1. The summed E-state index contributed by atoms with van der Waals surface area (Å²) in [5.41, 5.74) is 5.29. The van der Waals surface area contributed by atoms with Crippen LogP contribution in [0.3, 0.4) is 0 Å². The van der Waals surface area contributed by atoms with E-state index in [-0.39, 0.29) is 17.8 Å². The highest BCUT2D eigenvalue weighted by molar-refractivity contribution is 5.79. The molecule has 0 aliphatic heterocycles. The van der Waals surface area contributed by atoms with E-state index in [0.717, 1.165) is 0 Å². The molecular weight excluding hydrogens is 174 g/mol. The number of benzene rings is 1. The Kier molecular flexibility index (Phi) is 2.60. The van der Waals surface area contributed by atoms with Gasteiger partial charge in [-0.3, -0.25) is 5.41 Å². The summed E-state index contributed by atoms with van der Waals surface area (Å²) in [5, 5.41) is 6.94. The van der Waals surface area contributed by atoms with Crippen molar-refractivity contribution in [3.63, 3.8) is 0 Å². The zero-order valence-electron chi connectivity index (χ0n) is 7.20. The molecule has 13 heavy (non-hydrogen) atoms. The Hall–Kier alpha value is -1.45. The second kappa shape index (κ2) is 3.51. The lowest BCUT2D eigenvalue weighted by atomic mass is 10.1. The van der Waals surface area contributed by atoms with Crippen LogP contribution >= 0.6 is 0 Å². The van der Waals surface area contributed by atoms with Crippen molar-refractivity contribution in [2.24, 2.45) is 5.73 Å². The standard InChI is InChI=1S/C9H10F2N2/c1-5-2-3-7(10)6(9(5)11)4-8(12)13/h2-3H,4H2,1H3,(H3,12,13). The van der Waals surface area contributed by atoms with Gasteiger partial charge in [0, 0.05) is 12.0 Å². The van der Waals surface area contributed by atoms with Crippen LogP contribution in [-0.4, -0.2) is 5.84 Å². The number of aryl methyl sites for hydroxylation is 1. The first kappa shape index (κ1) is 9.64. The van der Waals surface area contributed by atoms with Crippen molar-refractivity contribution >= 4 is 5.84 Å². The number of nitrogens with two attached hydrogens (primary N) is 1. The van der Waals surface area contributed by atoms with E-state index in [0.29, 0.717) is 5.56 Å². The number of nitrogens with one attached hydrogen (secondary N) is 1. The number of halogens is 2. The summed E-state index contributed by atoms with van der Waals surface area (Å²) in [4.78, 5) is 0. The van der Waals surface area contributed by atoms with Gasteiger partial charge in [0.2, 0.25) is 0 Å². The molecule has 0 radical (unpaired) electrons. The second-order valence-electron chi connectivity index (χ2n) is 2.86. The summed E-state index contributed by atoms with van der Waals surface area (Å²) < 4.78 is 26.2. The molecule has 3 N–H and O–H groups in total. The summed E-state index contributed by atoms with van der Waals surface area (Å²) in [6.45, 7) is 1.54. The van der Waals surface area contributed by atoms with Gasteiger partial charge in [-0.2, -0.15) is 0 Å². The fraction of sp³-hybridized carbons (Fsp3) is 0.222. The number of amidine groups is 1. The molecule has 0 aliphatic carbocycles. The van der Waals surface area contributed by atoms with Gasteiger partial charge in [0.1, 0.15) is 11.6 Å². The molecule has 70 valence electrons. The van der Waals surface area contributed by atoms with E-state index in [1.165, 1.54) is 12.1 Å². The van der Waals surface area contributed by atoms with Crippen LogP contribution in [-0.2, 0) is 6.42 Å². The van der Waals surface area contributed by atoms with Crippen LogP contribution in [0.15, 0.2) is 12.1 Å². The average molecular weight is 184 g/mol. The Morgan fingerprint density at radius 2 is 2.08 bits per heavy atom. The lowest BCUT2D eigenvalue weighted by molar-refractivity contribution is 0.558. The van der Waals surface area contributed by atoms with E-state index in [4.69, 9.17) is 11.1 Å². The van der Waals surface area contributed by atoms with E-state index < -0.39 is 11.6 Å². The van der Waals surface area contributed by atoms with Gasteiger partial charge in [0.25, 0.3) is 0 Å². The molecule has 2 nitrogen and oxygen atoms in total. The smallest absolute Gasteiger partial charge is 0.132 e. The van der Waals surface area contributed by atoms with Crippen molar-refractivity contribution in [2.75, 3.05) is 0 Å². The third-order valence-electron chi connectivity index (χ3n) is 1.75. The number of rotatable bonds is 2. The van der Waals surface area contributed by atoms with Crippen LogP contribution in [0.5, 0.6) is 0 Å².